The number of benzene rings is 1. The van der Waals surface area contributed by atoms with Gasteiger partial charge in [0, 0.05) is 9.92 Å². The lowest BCUT2D eigenvalue weighted by atomic mass is 10.3. The summed E-state index contributed by atoms with van der Waals surface area (Å²) >= 11 is 18.9. The van der Waals surface area contributed by atoms with Gasteiger partial charge < -0.3 is 5.11 Å². The minimum atomic E-state index is -1.18. The van der Waals surface area contributed by atoms with Crippen molar-refractivity contribution in [1.82, 2.24) is 4.98 Å². The maximum Gasteiger partial charge on any atom is 0.356 e. The Hall–Kier alpha value is -0.940. The van der Waals surface area contributed by atoms with Crippen LogP contribution in [0.4, 0.5) is 0 Å². The van der Waals surface area contributed by atoms with Crippen molar-refractivity contribution >= 4 is 52.5 Å². The standard InChI is InChI=1S/C12H6Cl3NO2S/c13-6-1-2-7(14)9(5-6)19-10-4-3-8(15)11(16-10)12(17)18/h1-5H,(H,17,18). The van der Waals surface area contributed by atoms with Crippen LogP contribution in [0.3, 0.4) is 0 Å². The molecule has 0 radical (unpaired) electrons. The Labute approximate surface area is 128 Å². The number of halogens is 3. The summed E-state index contributed by atoms with van der Waals surface area (Å²) in [6, 6.07) is 8.13. The number of hydrogen-bond donors (Lipinski definition) is 1. The zero-order valence-electron chi connectivity index (χ0n) is 9.23. The van der Waals surface area contributed by atoms with Gasteiger partial charge in [0.05, 0.1) is 10.0 Å². The van der Waals surface area contributed by atoms with E-state index in [1.807, 2.05) is 0 Å². The highest BCUT2D eigenvalue weighted by Gasteiger charge is 2.13. The number of aromatic nitrogens is 1. The monoisotopic (exact) mass is 333 g/mol. The normalized spacial score (nSPS) is 10.5. The van der Waals surface area contributed by atoms with Crippen LogP contribution in [-0.2, 0) is 0 Å². The van der Waals surface area contributed by atoms with Gasteiger partial charge in [-0.25, -0.2) is 9.78 Å². The number of rotatable bonds is 3. The molecule has 2 rings (SSSR count). The summed E-state index contributed by atoms with van der Waals surface area (Å²) in [5.41, 5.74) is -0.190. The number of pyridine rings is 1. The molecule has 0 aliphatic rings. The van der Waals surface area contributed by atoms with Crippen molar-refractivity contribution in [3.05, 3.63) is 51.1 Å². The van der Waals surface area contributed by atoms with Crippen LogP contribution in [-0.4, -0.2) is 16.1 Å². The van der Waals surface area contributed by atoms with Crippen molar-refractivity contribution < 1.29 is 9.90 Å². The molecule has 0 saturated heterocycles. The Balaban J connectivity index is 2.36. The number of nitrogens with zero attached hydrogens (tertiary/aromatic N) is 1. The molecule has 1 aromatic carbocycles. The molecule has 0 bridgehead atoms. The molecular formula is C12H6Cl3NO2S. The number of carbonyl (C=O) groups is 1. The van der Waals surface area contributed by atoms with E-state index in [0.717, 1.165) is 0 Å². The average Bonchev–Trinajstić information content (AvgIpc) is 2.36. The van der Waals surface area contributed by atoms with E-state index in [2.05, 4.69) is 4.98 Å². The molecule has 7 heteroatoms. The Morgan fingerprint density at radius 3 is 2.47 bits per heavy atom. The lowest BCUT2D eigenvalue weighted by Gasteiger charge is -2.05. The predicted molar refractivity (Wildman–Crippen MR) is 76.8 cm³/mol. The van der Waals surface area contributed by atoms with Crippen molar-refractivity contribution in [3.8, 4) is 0 Å². The second-order valence-corrected chi connectivity index (χ2v) is 5.77. The molecule has 1 aromatic heterocycles. The molecule has 19 heavy (non-hydrogen) atoms. The number of hydrogen-bond acceptors (Lipinski definition) is 3. The Bertz CT molecular complexity index is 649. The van der Waals surface area contributed by atoms with Gasteiger partial charge in [0.2, 0.25) is 0 Å². The fraction of sp³-hybridized carbons (Fsp3) is 0. The smallest absolute Gasteiger partial charge is 0.356 e. The number of carboxylic acid groups (broad SMARTS) is 1. The fourth-order valence-electron chi connectivity index (χ4n) is 1.30. The molecular weight excluding hydrogens is 329 g/mol. The van der Waals surface area contributed by atoms with Crippen LogP contribution in [0, 0.1) is 0 Å². The highest BCUT2D eigenvalue weighted by molar-refractivity contribution is 7.99. The summed E-state index contributed by atoms with van der Waals surface area (Å²) in [6.07, 6.45) is 0. The van der Waals surface area contributed by atoms with Crippen molar-refractivity contribution in [2.45, 2.75) is 9.92 Å². The van der Waals surface area contributed by atoms with Crippen molar-refractivity contribution in [1.29, 1.82) is 0 Å². The second kappa shape index (κ2) is 6.01. The Morgan fingerprint density at radius 1 is 1.11 bits per heavy atom. The van der Waals surface area contributed by atoms with Crippen LogP contribution < -0.4 is 0 Å². The molecule has 2 aromatic rings. The first kappa shape index (κ1) is 14.5. The highest BCUT2D eigenvalue weighted by atomic mass is 35.5. The Morgan fingerprint density at radius 2 is 1.79 bits per heavy atom. The van der Waals surface area contributed by atoms with E-state index in [1.165, 1.54) is 17.8 Å². The summed E-state index contributed by atoms with van der Waals surface area (Å²) < 4.78 is 0. The maximum absolute atomic E-state index is 10.9. The summed E-state index contributed by atoms with van der Waals surface area (Å²) in [5.74, 6) is -1.18. The molecule has 0 amide bonds. The maximum atomic E-state index is 10.9. The zero-order valence-corrected chi connectivity index (χ0v) is 12.3. The molecule has 0 unspecified atom stereocenters. The molecule has 0 spiro atoms. The second-order valence-electron chi connectivity index (χ2n) is 3.46. The van der Waals surface area contributed by atoms with Crippen molar-refractivity contribution in [2.75, 3.05) is 0 Å². The Kier molecular flexibility index (Phi) is 4.58. The third kappa shape index (κ3) is 3.54. The fourth-order valence-corrected chi connectivity index (χ4v) is 2.81. The molecule has 0 atom stereocenters. The van der Waals surface area contributed by atoms with Gasteiger partial charge in [-0.2, -0.15) is 0 Å². The van der Waals surface area contributed by atoms with E-state index in [4.69, 9.17) is 39.9 Å². The summed E-state index contributed by atoms with van der Waals surface area (Å²) in [5, 5.41) is 10.6. The van der Waals surface area contributed by atoms with Crippen LogP contribution in [0.2, 0.25) is 15.1 Å². The summed E-state index contributed by atoms with van der Waals surface area (Å²) in [6.45, 7) is 0. The molecule has 3 nitrogen and oxygen atoms in total. The first-order valence-electron chi connectivity index (χ1n) is 5.00. The minimum absolute atomic E-state index is 0.0917. The van der Waals surface area contributed by atoms with E-state index in [0.29, 0.717) is 20.0 Å². The minimum Gasteiger partial charge on any atom is -0.476 e. The van der Waals surface area contributed by atoms with E-state index < -0.39 is 5.97 Å². The quantitative estimate of drug-likeness (QED) is 0.868. The lowest BCUT2D eigenvalue weighted by Crippen LogP contribution is -2.01. The van der Waals surface area contributed by atoms with E-state index >= 15 is 0 Å². The molecule has 1 heterocycles. The van der Waals surface area contributed by atoms with E-state index in [9.17, 15) is 4.79 Å². The van der Waals surface area contributed by atoms with Gasteiger partial charge in [-0.15, -0.1) is 0 Å². The van der Waals surface area contributed by atoms with E-state index in [1.54, 1.807) is 24.3 Å². The van der Waals surface area contributed by atoms with Gasteiger partial charge in [0.1, 0.15) is 5.03 Å². The van der Waals surface area contributed by atoms with Crippen LogP contribution in [0.1, 0.15) is 10.5 Å². The third-order valence-corrected chi connectivity index (χ3v) is 4.11. The molecule has 1 N–H and O–H groups in total. The molecule has 98 valence electrons. The van der Waals surface area contributed by atoms with Crippen molar-refractivity contribution in [3.63, 3.8) is 0 Å². The predicted octanol–water partition coefficient (Wildman–Crippen LogP) is 4.89. The van der Waals surface area contributed by atoms with Gasteiger partial charge in [-0.05, 0) is 30.3 Å². The van der Waals surface area contributed by atoms with Crippen LogP contribution >= 0.6 is 46.6 Å². The van der Waals surface area contributed by atoms with Crippen LogP contribution in [0.5, 0.6) is 0 Å². The van der Waals surface area contributed by atoms with Gasteiger partial charge in [-0.3, -0.25) is 0 Å². The van der Waals surface area contributed by atoms with Crippen LogP contribution in [0.25, 0.3) is 0 Å². The topological polar surface area (TPSA) is 50.2 Å². The SMILES string of the molecule is O=C(O)c1nc(Sc2cc(Cl)ccc2Cl)ccc1Cl. The first-order chi connectivity index (χ1) is 8.97. The average molecular weight is 335 g/mol. The molecule has 0 saturated carbocycles. The van der Waals surface area contributed by atoms with Gasteiger partial charge in [0.25, 0.3) is 0 Å². The van der Waals surface area contributed by atoms with Crippen LogP contribution in [0.15, 0.2) is 40.3 Å². The number of aromatic carboxylic acids is 1. The van der Waals surface area contributed by atoms with Gasteiger partial charge in [0.15, 0.2) is 5.69 Å². The number of carboxylic acids is 1. The largest absolute Gasteiger partial charge is 0.476 e. The molecule has 0 aliphatic carbocycles. The van der Waals surface area contributed by atoms with E-state index in [-0.39, 0.29) is 10.7 Å². The third-order valence-electron chi connectivity index (χ3n) is 2.13. The van der Waals surface area contributed by atoms with Gasteiger partial charge >= 0.3 is 5.97 Å². The molecule has 0 fully saturated rings. The highest BCUT2D eigenvalue weighted by Crippen LogP contribution is 2.34. The lowest BCUT2D eigenvalue weighted by molar-refractivity contribution is 0.0690. The summed E-state index contributed by atoms with van der Waals surface area (Å²) in [7, 11) is 0. The molecule has 0 aliphatic heterocycles. The van der Waals surface area contributed by atoms with Crippen molar-refractivity contribution in [2.24, 2.45) is 0 Å². The zero-order chi connectivity index (χ0) is 14.0. The van der Waals surface area contributed by atoms with Gasteiger partial charge in [-0.1, -0.05) is 46.6 Å². The first-order valence-corrected chi connectivity index (χ1v) is 6.95. The summed E-state index contributed by atoms with van der Waals surface area (Å²) in [4.78, 5) is 15.6.